The van der Waals surface area contributed by atoms with E-state index in [1.165, 1.54) is 10.1 Å². The van der Waals surface area contributed by atoms with Crippen LogP contribution in [0.25, 0.3) is 10.1 Å². The van der Waals surface area contributed by atoms with Crippen LogP contribution < -0.4 is 10.6 Å². The van der Waals surface area contributed by atoms with E-state index in [-0.39, 0.29) is 12.1 Å². The summed E-state index contributed by atoms with van der Waals surface area (Å²) < 4.78 is 1.23. The third-order valence-corrected chi connectivity index (χ3v) is 4.55. The summed E-state index contributed by atoms with van der Waals surface area (Å²) in [4.78, 5) is 12.2. The van der Waals surface area contributed by atoms with Crippen molar-refractivity contribution in [1.82, 2.24) is 5.32 Å². The van der Waals surface area contributed by atoms with E-state index in [1.54, 1.807) is 11.3 Å². The number of fused-ring (bicyclic) bond motifs is 2. The highest BCUT2D eigenvalue weighted by molar-refractivity contribution is 7.17. The molecule has 2 aromatic carbocycles. The topological polar surface area (TPSA) is 41.1 Å². The van der Waals surface area contributed by atoms with Gasteiger partial charge in [-0.1, -0.05) is 30.3 Å². The average Bonchev–Trinajstić information content (AvgIpc) is 2.91. The summed E-state index contributed by atoms with van der Waals surface area (Å²) in [6.07, 6.45) is -0.173. The molecule has 20 heavy (non-hydrogen) atoms. The highest BCUT2D eigenvalue weighted by atomic mass is 32.1. The van der Waals surface area contributed by atoms with Crippen molar-refractivity contribution in [2.45, 2.75) is 6.17 Å². The van der Waals surface area contributed by atoms with Gasteiger partial charge in [-0.15, -0.1) is 11.3 Å². The Morgan fingerprint density at radius 1 is 0.950 bits per heavy atom. The summed E-state index contributed by atoms with van der Waals surface area (Å²) in [6.45, 7) is 0. The number of benzene rings is 2. The number of carbonyl (C=O) groups is 1. The molecule has 1 amide bonds. The highest BCUT2D eigenvalue weighted by Gasteiger charge is 2.25. The van der Waals surface area contributed by atoms with E-state index in [9.17, 15) is 4.79 Å². The van der Waals surface area contributed by atoms with Crippen LogP contribution >= 0.6 is 11.3 Å². The van der Waals surface area contributed by atoms with E-state index in [0.29, 0.717) is 5.56 Å². The smallest absolute Gasteiger partial charge is 0.255 e. The summed E-state index contributed by atoms with van der Waals surface area (Å²) in [5.74, 6) is -0.0281. The van der Waals surface area contributed by atoms with E-state index < -0.39 is 0 Å². The number of hydrogen-bond acceptors (Lipinski definition) is 3. The van der Waals surface area contributed by atoms with Crippen LogP contribution in [-0.2, 0) is 0 Å². The van der Waals surface area contributed by atoms with Gasteiger partial charge in [0.05, 0.1) is 5.56 Å². The fourth-order valence-electron chi connectivity index (χ4n) is 2.58. The minimum Gasteiger partial charge on any atom is -0.361 e. The first-order chi connectivity index (χ1) is 9.83. The summed E-state index contributed by atoms with van der Waals surface area (Å²) in [5.41, 5.74) is 2.70. The monoisotopic (exact) mass is 280 g/mol. The molecule has 2 N–H and O–H groups in total. The second-order valence-electron chi connectivity index (χ2n) is 4.78. The maximum absolute atomic E-state index is 12.2. The fourth-order valence-corrected chi connectivity index (χ4v) is 3.57. The van der Waals surface area contributed by atoms with Crippen molar-refractivity contribution in [2.75, 3.05) is 5.32 Å². The summed E-state index contributed by atoms with van der Waals surface area (Å²) in [7, 11) is 0. The van der Waals surface area contributed by atoms with Gasteiger partial charge in [0, 0.05) is 16.0 Å². The lowest BCUT2D eigenvalue weighted by Crippen LogP contribution is -2.38. The Hall–Kier alpha value is -2.33. The Balaban J connectivity index is 1.80. The lowest BCUT2D eigenvalue weighted by Gasteiger charge is -2.27. The van der Waals surface area contributed by atoms with Gasteiger partial charge in [0.2, 0.25) is 0 Å². The summed E-state index contributed by atoms with van der Waals surface area (Å²) >= 11 is 1.70. The largest absolute Gasteiger partial charge is 0.361 e. The lowest BCUT2D eigenvalue weighted by molar-refractivity contribution is 0.0936. The number of thiophene rings is 1. The predicted molar refractivity (Wildman–Crippen MR) is 82.1 cm³/mol. The Morgan fingerprint density at radius 2 is 1.75 bits per heavy atom. The zero-order valence-electron chi connectivity index (χ0n) is 10.6. The summed E-state index contributed by atoms with van der Waals surface area (Å²) in [5, 5.41) is 9.72. The van der Waals surface area contributed by atoms with Crippen molar-refractivity contribution >= 4 is 33.0 Å². The fraction of sp³-hybridized carbons (Fsp3) is 0.0625. The van der Waals surface area contributed by atoms with Crippen molar-refractivity contribution in [1.29, 1.82) is 0 Å². The van der Waals surface area contributed by atoms with Gasteiger partial charge in [0.25, 0.3) is 5.91 Å². The molecule has 0 bridgehead atoms. The van der Waals surface area contributed by atoms with Crippen LogP contribution in [0.15, 0.2) is 53.9 Å². The van der Waals surface area contributed by atoms with Crippen molar-refractivity contribution in [3.05, 3.63) is 65.0 Å². The molecule has 0 spiro atoms. The third-order valence-electron chi connectivity index (χ3n) is 3.57. The molecule has 0 fully saturated rings. The number of anilines is 1. The number of rotatable bonds is 1. The molecule has 98 valence electrons. The van der Waals surface area contributed by atoms with Gasteiger partial charge in [0.1, 0.15) is 6.17 Å². The molecule has 3 nitrogen and oxygen atoms in total. The Bertz CT molecular complexity index is 809. The van der Waals surface area contributed by atoms with Gasteiger partial charge in [0.15, 0.2) is 0 Å². The minimum absolute atomic E-state index is 0.0281. The van der Waals surface area contributed by atoms with Gasteiger partial charge in [-0.3, -0.25) is 4.79 Å². The van der Waals surface area contributed by atoms with Gasteiger partial charge in [-0.2, -0.15) is 0 Å². The van der Waals surface area contributed by atoms with Crippen LogP contribution in [0, 0.1) is 0 Å². The van der Waals surface area contributed by atoms with E-state index in [2.05, 4.69) is 28.1 Å². The van der Waals surface area contributed by atoms with E-state index in [4.69, 9.17) is 0 Å². The van der Waals surface area contributed by atoms with Crippen molar-refractivity contribution < 1.29 is 4.79 Å². The van der Waals surface area contributed by atoms with E-state index in [1.807, 2.05) is 36.4 Å². The molecule has 1 aromatic heterocycles. The normalized spacial score (nSPS) is 17.4. The SMILES string of the molecule is O=C1NC(c2csc3ccccc23)Nc2ccccc21. The quantitative estimate of drug-likeness (QED) is 0.712. The number of amides is 1. The van der Waals surface area contributed by atoms with Crippen molar-refractivity contribution in [3.63, 3.8) is 0 Å². The molecule has 0 saturated heterocycles. The minimum atomic E-state index is -0.173. The average molecular weight is 280 g/mol. The van der Waals surface area contributed by atoms with Crippen LogP contribution in [0.5, 0.6) is 0 Å². The van der Waals surface area contributed by atoms with Crippen LogP contribution in [-0.4, -0.2) is 5.91 Å². The van der Waals surface area contributed by atoms with Crippen LogP contribution in [0.1, 0.15) is 22.1 Å². The molecule has 1 aliphatic rings. The molecule has 4 rings (SSSR count). The molecule has 0 aliphatic carbocycles. The van der Waals surface area contributed by atoms with E-state index in [0.717, 1.165) is 11.3 Å². The highest BCUT2D eigenvalue weighted by Crippen LogP contribution is 2.33. The standard InChI is InChI=1S/C16H12N2OS/c19-16-11-6-1-3-7-13(11)17-15(18-16)12-9-20-14-8-4-2-5-10(12)14/h1-9,15,17H,(H,18,19). The molecule has 2 heterocycles. The zero-order valence-corrected chi connectivity index (χ0v) is 11.4. The van der Waals surface area contributed by atoms with Gasteiger partial charge >= 0.3 is 0 Å². The van der Waals surface area contributed by atoms with E-state index >= 15 is 0 Å². The number of carbonyl (C=O) groups excluding carboxylic acids is 1. The Kier molecular flexibility index (Phi) is 2.50. The van der Waals surface area contributed by atoms with Crippen molar-refractivity contribution in [3.8, 4) is 0 Å². The molecule has 0 radical (unpaired) electrons. The second kappa shape index (κ2) is 4.35. The van der Waals surface area contributed by atoms with Crippen molar-refractivity contribution in [2.24, 2.45) is 0 Å². The number of para-hydroxylation sites is 1. The molecule has 1 unspecified atom stereocenters. The first kappa shape index (κ1) is 11.5. The van der Waals surface area contributed by atoms with Crippen LogP contribution in [0.4, 0.5) is 5.69 Å². The molecule has 4 heteroatoms. The first-order valence-electron chi connectivity index (χ1n) is 6.45. The predicted octanol–water partition coefficient (Wildman–Crippen LogP) is 3.76. The number of nitrogens with one attached hydrogen (secondary N) is 2. The Labute approximate surface area is 120 Å². The molecule has 0 saturated carbocycles. The van der Waals surface area contributed by atoms with Gasteiger partial charge < -0.3 is 10.6 Å². The number of hydrogen-bond donors (Lipinski definition) is 2. The molecule has 3 aromatic rings. The second-order valence-corrected chi connectivity index (χ2v) is 5.69. The maximum Gasteiger partial charge on any atom is 0.255 e. The van der Waals surface area contributed by atoms with Crippen LogP contribution in [0.2, 0.25) is 0 Å². The first-order valence-corrected chi connectivity index (χ1v) is 7.33. The van der Waals surface area contributed by atoms with Gasteiger partial charge in [-0.25, -0.2) is 0 Å². The third kappa shape index (κ3) is 1.69. The molecule has 1 aliphatic heterocycles. The zero-order chi connectivity index (χ0) is 13.5. The summed E-state index contributed by atoms with van der Waals surface area (Å²) in [6, 6.07) is 15.8. The van der Waals surface area contributed by atoms with Crippen LogP contribution in [0.3, 0.4) is 0 Å². The maximum atomic E-state index is 12.2. The lowest BCUT2D eigenvalue weighted by atomic mass is 10.1. The molecular formula is C16H12N2OS. The molecular weight excluding hydrogens is 268 g/mol. The Morgan fingerprint density at radius 3 is 2.70 bits per heavy atom. The molecule has 1 atom stereocenters. The van der Waals surface area contributed by atoms with Gasteiger partial charge in [-0.05, 0) is 29.0 Å².